The van der Waals surface area contributed by atoms with Gasteiger partial charge in [0.25, 0.3) is 5.56 Å². The lowest BCUT2D eigenvalue weighted by molar-refractivity contribution is 1.12. The normalized spacial score (nSPS) is 11.7. The van der Waals surface area contributed by atoms with Gasteiger partial charge in [-0.3, -0.25) is 4.79 Å². The van der Waals surface area contributed by atoms with E-state index < -0.39 is 0 Å². The number of pyridine rings is 1. The van der Waals surface area contributed by atoms with Crippen LogP contribution < -0.4 is 5.56 Å². The summed E-state index contributed by atoms with van der Waals surface area (Å²) >= 11 is 0. The van der Waals surface area contributed by atoms with Crippen molar-refractivity contribution in [2.75, 3.05) is 0 Å². The van der Waals surface area contributed by atoms with Gasteiger partial charge in [0.15, 0.2) is 0 Å². The number of rotatable bonds is 0. The van der Waals surface area contributed by atoms with Crippen molar-refractivity contribution in [3.63, 3.8) is 0 Å². The average Bonchev–Trinajstić information content (AvgIpc) is 2.68. The summed E-state index contributed by atoms with van der Waals surface area (Å²) in [4.78, 5) is 14.5. The molecule has 1 aromatic heterocycles. The van der Waals surface area contributed by atoms with E-state index >= 15 is 0 Å². The third-order valence-electron chi connectivity index (χ3n) is 2.97. The fraction of sp³-hybridized carbons (Fsp3) is 0.0714. The van der Waals surface area contributed by atoms with Crippen LogP contribution in [-0.2, 0) is 6.42 Å². The number of hydrogen-bond donors (Lipinski definition) is 1. The zero-order valence-electron chi connectivity index (χ0n) is 8.58. The van der Waals surface area contributed by atoms with Gasteiger partial charge in [-0.1, -0.05) is 30.2 Å². The molecule has 0 saturated heterocycles. The zero-order chi connectivity index (χ0) is 11.1. The predicted molar refractivity (Wildman–Crippen MR) is 63.2 cm³/mol. The first-order valence-electron chi connectivity index (χ1n) is 5.10. The lowest BCUT2D eigenvalue weighted by Crippen LogP contribution is -2.12. The summed E-state index contributed by atoms with van der Waals surface area (Å²) in [7, 11) is 0. The van der Waals surface area contributed by atoms with E-state index in [4.69, 9.17) is 6.42 Å². The minimum Gasteiger partial charge on any atom is -0.315 e. The van der Waals surface area contributed by atoms with Crippen LogP contribution in [0.15, 0.2) is 35.1 Å². The van der Waals surface area contributed by atoms with Crippen molar-refractivity contribution >= 4 is 0 Å². The molecule has 0 fully saturated rings. The first kappa shape index (κ1) is 8.99. The van der Waals surface area contributed by atoms with E-state index in [0.717, 1.165) is 16.7 Å². The molecule has 16 heavy (non-hydrogen) atoms. The molecule has 1 heterocycles. The molecule has 3 rings (SSSR count). The lowest BCUT2D eigenvalue weighted by atomic mass is 10.1. The molecule has 1 aromatic carbocycles. The molecule has 0 spiro atoms. The van der Waals surface area contributed by atoms with Gasteiger partial charge in [0.05, 0.1) is 5.69 Å². The Morgan fingerprint density at radius 3 is 2.88 bits per heavy atom. The fourth-order valence-electron chi connectivity index (χ4n) is 2.21. The molecule has 1 N–H and O–H groups in total. The van der Waals surface area contributed by atoms with Gasteiger partial charge < -0.3 is 4.98 Å². The molecule has 0 atom stereocenters. The summed E-state index contributed by atoms with van der Waals surface area (Å²) in [6.45, 7) is 0. The third kappa shape index (κ3) is 1.12. The molecule has 0 aliphatic heterocycles. The molecule has 2 heteroatoms. The molecule has 2 nitrogen and oxygen atoms in total. The van der Waals surface area contributed by atoms with Crippen LogP contribution in [0.25, 0.3) is 11.1 Å². The van der Waals surface area contributed by atoms with Gasteiger partial charge in [-0.15, -0.1) is 6.42 Å². The maximum atomic E-state index is 11.8. The monoisotopic (exact) mass is 207 g/mol. The van der Waals surface area contributed by atoms with E-state index in [2.05, 4.69) is 10.9 Å². The predicted octanol–water partition coefficient (Wildman–Crippen LogP) is 1.93. The second-order valence-electron chi connectivity index (χ2n) is 3.88. The highest BCUT2D eigenvalue weighted by Gasteiger charge is 2.20. The highest BCUT2D eigenvalue weighted by molar-refractivity contribution is 5.76. The van der Waals surface area contributed by atoms with Crippen LogP contribution in [0.5, 0.6) is 0 Å². The zero-order valence-corrected chi connectivity index (χ0v) is 8.58. The van der Waals surface area contributed by atoms with E-state index in [1.807, 2.05) is 30.3 Å². The van der Waals surface area contributed by atoms with Gasteiger partial charge in [-0.25, -0.2) is 0 Å². The van der Waals surface area contributed by atoms with Crippen molar-refractivity contribution in [1.82, 2.24) is 4.98 Å². The first-order chi connectivity index (χ1) is 7.79. The van der Waals surface area contributed by atoms with Crippen molar-refractivity contribution < 1.29 is 0 Å². The van der Waals surface area contributed by atoms with Gasteiger partial charge in [0.1, 0.15) is 0 Å². The van der Waals surface area contributed by atoms with Gasteiger partial charge in [-0.2, -0.15) is 0 Å². The SMILES string of the molecule is C#Cc1cc2c(c(=O)[nH]1)Cc1ccccc1-2. The topological polar surface area (TPSA) is 32.9 Å². The summed E-state index contributed by atoms with van der Waals surface area (Å²) < 4.78 is 0. The van der Waals surface area contributed by atoms with Crippen LogP contribution in [-0.4, -0.2) is 4.98 Å². The van der Waals surface area contributed by atoms with Crippen LogP contribution in [0.2, 0.25) is 0 Å². The lowest BCUT2D eigenvalue weighted by Gasteiger charge is -2.00. The van der Waals surface area contributed by atoms with Gasteiger partial charge in [-0.05, 0) is 22.8 Å². The summed E-state index contributed by atoms with van der Waals surface area (Å²) in [5.74, 6) is 2.47. The molecular formula is C14H9NO. The van der Waals surface area contributed by atoms with Crippen LogP contribution in [0.4, 0.5) is 0 Å². The van der Waals surface area contributed by atoms with Crippen molar-refractivity contribution in [3.8, 4) is 23.5 Å². The van der Waals surface area contributed by atoms with E-state index in [1.165, 1.54) is 5.56 Å². The first-order valence-corrected chi connectivity index (χ1v) is 5.10. The molecule has 1 aliphatic rings. The minimum absolute atomic E-state index is 0.0679. The Hall–Kier alpha value is -2.27. The molecule has 0 radical (unpaired) electrons. The molecule has 0 unspecified atom stereocenters. The number of hydrogen-bond acceptors (Lipinski definition) is 1. The molecule has 0 amide bonds. The van der Waals surface area contributed by atoms with Gasteiger partial charge >= 0.3 is 0 Å². The van der Waals surface area contributed by atoms with Crippen LogP contribution in [0.1, 0.15) is 16.8 Å². The highest BCUT2D eigenvalue weighted by Crippen LogP contribution is 2.34. The Morgan fingerprint density at radius 1 is 1.25 bits per heavy atom. The second kappa shape index (κ2) is 3.11. The number of fused-ring (bicyclic) bond motifs is 3. The van der Waals surface area contributed by atoms with Crippen molar-refractivity contribution in [1.29, 1.82) is 0 Å². The Balaban J connectivity index is 2.36. The maximum Gasteiger partial charge on any atom is 0.253 e. The van der Waals surface area contributed by atoms with Crippen LogP contribution >= 0.6 is 0 Å². The van der Waals surface area contributed by atoms with Crippen molar-refractivity contribution in [2.24, 2.45) is 0 Å². The number of nitrogens with one attached hydrogen (secondary N) is 1. The third-order valence-corrected chi connectivity index (χ3v) is 2.97. The number of H-pyrrole nitrogens is 1. The smallest absolute Gasteiger partial charge is 0.253 e. The van der Waals surface area contributed by atoms with Crippen LogP contribution in [0.3, 0.4) is 0 Å². The van der Waals surface area contributed by atoms with Gasteiger partial charge in [0, 0.05) is 12.0 Å². The van der Waals surface area contributed by atoms with E-state index in [-0.39, 0.29) is 5.56 Å². The van der Waals surface area contributed by atoms with E-state index in [0.29, 0.717) is 12.1 Å². The van der Waals surface area contributed by atoms with Crippen LogP contribution in [0, 0.1) is 12.3 Å². The largest absolute Gasteiger partial charge is 0.315 e. The Morgan fingerprint density at radius 2 is 2.06 bits per heavy atom. The number of aromatic amines is 1. The summed E-state index contributed by atoms with van der Waals surface area (Å²) in [6.07, 6.45) is 6.01. The number of terminal acetylenes is 1. The Kier molecular flexibility index (Phi) is 1.75. The molecule has 76 valence electrons. The molecule has 1 aliphatic carbocycles. The minimum atomic E-state index is -0.0679. The standard InChI is InChI=1S/C14H9NO/c1-2-10-8-12-11-6-4-3-5-9(11)7-13(12)14(16)15-10/h1,3-6,8H,7H2,(H,15,16). The fourth-order valence-corrected chi connectivity index (χ4v) is 2.21. The average molecular weight is 207 g/mol. The molecule has 0 saturated carbocycles. The van der Waals surface area contributed by atoms with Gasteiger partial charge in [0.2, 0.25) is 0 Å². The maximum absolute atomic E-state index is 11.8. The summed E-state index contributed by atoms with van der Waals surface area (Å²) in [6, 6.07) is 9.92. The number of benzene rings is 1. The second-order valence-corrected chi connectivity index (χ2v) is 3.88. The van der Waals surface area contributed by atoms with Crippen molar-refractivity contribution in [2.45, 2.75) is 6.42 Å². The van der Waals surface area contributed by atoms with E-state index in [1.54, 1.807) is 0 Å². The summed E-state index contributed by atoms with van der Waals surface area (Å²) in [5.41, 5.74) is 4.59. The Bertz CT molecular complexity index is 674. The Labute approximate surface area is 93.0 Å². The quantitative estimate of drug-likeness (QED) is 0.561. The molecular weight excluding hydrogens is 198 g/mol. The highest BCUT2D eigenvalue weighted by atomic mass is 16.1. The molecule has 2 aromatic rings. The van der Waals surface area contributed by atoms with Crippen molar-refractivity contribution in [3.05, 3.63) is 57.5 Å². The molecule has 0 bridgehead atoms. The summed E-state index contributed by atoms with van der Waals surface area (Å²) in [5, 5.41) is 0. The number of aromatic nitrogens is 1. The van der Waals surface area contributed by atoms with E-state index in [9.17, 15) is 4.79 Å².